The third-order valence-electron chi connectivity index (χ3n) is 4.10. The van der Waals surface area contributed by atoms with Crippen LogP contribution in [0.5, 0.6) is 0 Å². The minimum Gasteiger partial charge on any atom is -0.360 e. The number of thiocarbonyl (C=S) groups is 1. The van der Waals surface area contributed by atoms with Crippen LogP contribution in [0.15, 0.2) is 24.5 Å². The Bertz CT molecular complexity index is 436. The summed E-state index contributed by atoms with van der Waals surface area (Å²) >= 11 is 5.31. The van der Waals surface area contributed by atoms with Crippen LogP contribution in [0.3, 0.4) is 0 Å². The maximum absolute atomic E-state index is 5.31. The van der Waals surface area contributed by atoms with Crippen molar-refractivity contribution in [1.29, 1.82) is 0 Å². The Morgan fingerprint density at radius 2 is 2.21 bits per heavy atom. The molecular weight excluding hydrogens is 256 g/mol. The Morgan fingerprint density at radius 1 is 1.32 bits per heavy atom. The first-order chi connectivity index (χ1) is 9.33. The van der Waals surface area contributed by atoms with E-state index < -0.39 is 0 Å². The molecule has 19 heavy (non-hydrogen) atoms. The molecule has 3 atom stereocenters. The van der Waals surface area contributed by atoms with Crippen LogP contribution in [0.1, 0.15) is 31.2 Å². The standard InChI is InChI=1S/C14H20N4S/c19-14-17-12-6-2-1-5-11(12)13(18-14)16-9-10-4-3-7-15-8-10/h3-4,7-8,11-13,16H,1-2,5-6,9H2,(H2,17,18,19). The highest BCUT2D eigenvalue weighted by molar-refractivity contribution is 7.80. The van der Waals surface area contributed by atoms with Crippen molar-refractivity contribution in [1.82, 2.24) is 20.9 Å². The summed E-state index contributed by atoms with van der Waals surface area (Å²) in [5.74, 6) is 0.622. The van der Waals surface area contributed by atoms with Gasteiger partial charge in [-0.15, -0.1) is 0 Å². The zero-order valence-electron chi connectivity index (χ0n) is 10.9. The number of pyridine rings is 1. The third kappa shape index (κ3) is 3.04. The molecule has 2 fully saturated rings. The first-order valence-electron chi connectivity index (χ1n) is 7.02. The normalized spacial score (nSPS) is 30.1. The fourth-order valence-electron chi connectivity index (χ4n) is 3.13. The van der Waals surface area contributed by atoms with Crippen LogP contribution in [-0.2, 0) is 6.54 Å². The van der Waals surface area contributed by atoms with Gasteiger partial charge in [0.05, 0.1) is 6.17 Å². The molecule has 5 heteroatoms. The van der Waals surface area contributed by atoms with Crippen molar-refractivity contribution < 1.29 is 0 Å². The summed E-state index contributed by atoms with van der Waals surface area (Å²) in [5, 5.41) is 11.2. The summed E-state index contributed by atoms with van der Waals surface area (Å²) in [5.41, 5.74) is 1.21. The number of rotatable bonds is 3. The summed E-state index contributed by atoms with van der Waals surface area (Å²) in [4.78, 5) is 4.15. The summed E-state index contributed by atoms with van der Waals surface area (Å²) < 4.78 is 0. The van der Waals surface area contributed by atoms with Gasteiger partial charge in [0.1, 0.15) is 0 Å². The van der Waals surface area contributed by atoms with Gasteiger partial charge in [0.2, 0.25) is 0 Å². The molecule has 0 spiro atoms. The zero-order valence-corrected chi connectivity index (χ0v) is 11.7. The molecule has 1 saturated carbocycles. The monoisotopic (exact) mass is 276 g/mol. The highest BCUT2D eigenvalue weighted by Crippen LogP contribution is 2.28. The summed E-state index contributed by atoms with van der Waals surface area (Å²) in [6, 6.07) is 4.60. The molecule has 0 amide bonds. The van der Waals surface area contributed by atoms with Crippen molar-refractivity contribution in [3.63, 3.8) is 0 Å². The average molecular weight is 276 g/mol. The third-order valence-corrected chi connectivity index (χ3v) is 4.34. The fourth-order valence-corrected chi connectivity index (χ4v) is 3.41. The molecular formula is C14H20N4S. The molecule has 0 bridgehead atoms. The lowest BCUT2D eigenvalue weighted by molar-refractivity contribution is 0.188. The number of hydrogen-bond donors (Lipinski definition) is 3. The largest absolute Gasteiger partial charge is 0.360 e. The van der Waals surface area contributed by atoms with Crippen LogP contribution >= 0.6 is 12.2 Å². The highest BCUT2D eigenvalue weighted by atomic mass is 32.1. The molecule has 3 N–H and O–H groups in total. The second-order valence-electron chi connectivity index (χ2n) is 5.39. The van der Waals surface area contributed by atoms with E-state index in [4.69, 9.17) is 12.2 Å². The fraction of sp³-hybridized carbons (Fsp3) is 0.571. The molecule has 3 rings (SSSR count). The lowest BCUT2D eigenvalue weighted by Crippen LogP contribution is -2.65. The van der Waals surface area contributed by atoms with E-state index >= 15 is 0 Å². The predicted octanol–water partition coefficient (Wildman–Crippen LogP) is 1.53. The van der Waals surface area contributed by atoms with Crippen molar-refractivity contribution in [2.24, 2.45) is 5.92 Å². The molecule has 4 nitrogen and oxygen atoms in total. The van der Waals surface area contributed by atoms with E-state index in [1.807, 2.05) is 12.3 Å². The Kier molecular flexibility index (Phi) is 3.94. The minimum atomic E-state index is 0.277. The van der Waals surface area contributed by atoms with Gasteiger partial charge in [-0.05, 0) is 36.7 Å². The number of nitrogens with one attached hydrogen (secondary N) is 3. The molecule has 2 aliphatic rings. The van der Waals surface area contributed by atoms with Crippen molar-refractivity contribution in [3.05, 3.63) is 30.1 Å². The van der Waals surface area contributed by atoms with E-state index in [1.54, 1.807) is 6.20 Å². The Morgan fingerprint density at radius 3 is 3.05 bits per heavy atom. The molecule has 2 heterocycles. The molecule has 1 aliphatic heterocycles. The van der Waals surface area contributed by atoms with Crippen LogP contribution in [0.2, 0.25) is 0 Å². The molecule has 1 aliphatic carbocycles. The quantitative estimate of drug-likeness (QED) is 0.731. The molecule has 0 radical (unpaired) electrons. The molecule has 3 unspecified atom stereocenters. The molecule has 1 aromatic rings. The van der Waals surface area contributed by atoms with Crippen LogP contribution in [-0.4, -0.2) is 22.3 Å². The van der Waals surface area contributed by atoms with Gasteiger partial charge in [-0.2, -0.15) is 0 Å². The van der Waals surface area contributed by atoms with Gasteiger partial charge < -0.3 is 10.6 Å². The minimum absolute atomic E-state index is 0.277. The maximum Gasteiger partial charge on any atom is 0.167 e. The van der Waals surface area contributed by atoms with Crippen LogP contribution < -0.4 is 16.0 Å². The SMILES string of the molecule is S=C1NC2CCCCC2C(NCc2cccnc2)N1. The van der Waals surface area contributed by atoms with Gasteiger partial charge >= 0.3 is 0 Å². The van der Waals surface area contributed by atoms with Crippen molar-refractivity contribution in [2.75, 3.05) is 0 Å². The lowest BCUT2D eigenvalue weighted by atomic mass is 9.81. The van der Waals surface area contributed by atoms with Gasteiger partial charge in [-0.1, -0.05) is 18.9 Å². The van der Waals surface area contributed by atoms with Gasteiger partial charge in [0, 0.05) is 30.9 Å². The zero-order chi connectivity index (χ0) is 13.1. The summed E-state index contributed by atoms with van der Waals surface area (Å²) in [6.07, 6.45) is 9.12. The Labute approximate surface area is 119 Å². The molecule has 102 valence electrons. The van der Waals surface area contributed by atoms with Gasteiger partial charge in [-0.3, -0.25) is 10.3 Å². The second-order valence-corrected chi connectivity index (χ2v) is 5.80. The number of nitrogens with zero attached hydrogens (tertiary/aromatic N) is 1. The lowest BCUT2D eigenvalue weighted by Gasteiger charge is -2.43. The van der Waals surface area contributed by atoms with E-state index in [1.165, 1.54) is 31.2 Å². The summed E-state index contributed by atoms with van der Waals surface area (Å²) in [6.45, 7) is 0.831. The molecule has 1 saturated heterocycles. The van der Waals surface area contributed by atoms with Crippen LogP contribution in [0.25, 0.3) is 0 Å². The Balaban J connectivity index is 1.63. The number of fused-ring (bicyclic) bond motifs is 1. The van der Waals surface area contributed by atoms with Gasteiger partial charge in [0.15, 0.2) is 5.11 Å². The van der Waals surface area contributed by atoms with E-state index in [9.17, 15) is 0 Å². The van der Waals surface area contributed by atoms with E-state index in [-0.39, 0.29) is 6.17 Å². The predicted molar refractivity (Wildman–Crippen MR) is 79.5 cm³/mol. The highest BCUT2D eigenvalue weighted by Gasteiger charge is 2.36. The van der Waals surface area contributed by atoms with Crippen LogP contribution in [0.4, 0.5) is 0 Å². The molecule has 1 aromatic heterocycles. The van der Waals surface area contributed by atoms with Crippen molar-refractivity contribution in [3.8, 4) is 0 Å². The second kappa shape index (κ2) is 5.84. The van der Waals surface area contributed by atoms with Gasteiger partial charge in [-0.25, -0.2) is 0 Å². The van der Waals surface area contributed by atoms with Crippen LogP contribution in [0, 0.1) is 5.92 Å². The first-order valence-corrected chi connectivity index (χ1v) is 7.43. The van der Waals surface area contributed by atoms with E-state index in [0.717, 1.165) is 11.7 Å². The molecule has 0 aromatic carbocycles. The number of aromatic nitrogens is 1. The number of hydrogen-bond acceptors (Lipinski definition) is 3. The van der Waals surface area contributed by atoms with Gasteiger partial charge in [0.25, 0.3) is 0 Å². The Hall–Kier alpha value is -1.20. The average Bonchev–Trinajstić information content (AvgIpc) is 2.45. The van der Waals surface area contributed by atoms with E-state index in [2.05, 4.69) is 27.0 Å². The topological polar surface area (TPSA) is 49.0 Å². The maximum atomic E-state index is 5.31. The van der Waals surface area contributed by atoms with E-state index in [0.29, 0.717) is 12.0 Å². The first kappa shape index (κ1) is 12.8. The smallest absolute Gasteiger partial charge is 0.167 e. The summed E-state index contributed by atoms with van der Waals surface area (Å²) in [7, 11) is 0. The van der Waals surface area contributed by atoms with Crippen molar-refractivity contribution in [2.45, 2.75) is 44.4 Å². The van der Waals surface area contributed by atoms with Crippen molar-refractivity contribution >= 4 is 17.3 Å².